The molecule has 0 spiro atoms. The monoisotopic (exact) mass is 264 g/mol. The number of carbonyl (C=O) groups is 1. The second-order valence-corrected chi connectivity index (χ2v) is 6.12. The lowest BCUT2D eigenvalue weighted by molar-refractivity contribution is 0.125. The molecule has 2 atom stereocenters. The molecular formula is C15H24N2O2. The third kappa shape index (κ3) is 3.50. The van der Waals surface area contributed by atoms with Crippen molar-refractivity contribution in [2.45, 2.75) is 25.7 Å². The van der Waals surface area contributed by atoms with E-state index in [1.807, 2.05) is 4.90 Å². The predicted molar refractivity (Wildman–Crippen MR) is 73.9 cm³/mol. The van der Waals surface area contributed by atoms with E-state index in [4.69, 9.17) is 4.74 Å². The van der Waals surface area contributed by atoms with Gasteiger partial charge >= 0.3 is 6.03 Å². The van der Waals surface area contributed by atoms with E-state index in [-0.39, 0.29) is 6.03 Å². The van der Waals surface area contributed by atoms with Gasteiger partial charge in [0.15, 0.2) is 0 Å². The van der Waals surface area contributed by atoms with Crippen LogP contribution in [0, 0.1) is 17.8 Å². The number of nitrogens with one attached hydrogen (secondary N) is 1. The van der Waals surface area contributed by atoms with E-state index in [9.17, 15) is 4.79 Å². The molecule has 2 aliphatic carbocycles. The maximum atomic E-state index is 12.0. The molecule has 0 unspecified atom stereocenters. The standard InChI is InChI=1S/C15H24N2O2/c18-15(16-7-8-19-11-12-5-6-12)17-9-13-3-1-2-4-14(13)10-17/h1-2,12-14H,3-11H2,(H,16,18)/t13-,14-/m0/s1. The lowest BCUT2D eigenvalue weighted by atomic mass is 9.86. The predicted octanol–water partition coefficient (Wildman–Crippen LogP) is 2.02. The van der Waals surface area contributed by atoms with E-state index in [1.165, 1.54) is 12.8 Å². The Hall–Kier alpha value is -1.03. The number of carbonyl (C=O) groups excluding carboxylic acids is 1. The maximum Gasteiger partial charge on any atom is 0.317 e. The Labute approximate surface area is 115 Å². The first kappa shape index (κ1) is 13.0. The van der Waals surface area contributed by atoms with Crippen molar-refractivity contribution in [2.75, 3.05) is 32.8 Å². The Morgan fingerprint density at radius 1 is 1.21 bits per heavy atom. The van der Waals surface area contributed by atoms with Gasteiger partial charge < -0.3 is 15.0 Å². The Balaban J connectivity index is 1.32. The number of nitrogens with zero attached hydrogens (tertiary/aromatic N) is 1. The van der Waals surface area contributed by atoms with Crippen LogP contribution in [0.4, 0.5) is 4.79 Å². The molecule has 1 heterocycles. The summed E-state index contributed by atoms with van der Waals surface area (Å²) in [6, 6.07) is 0.0874. The first-order valence-electron chi connectivity index (χ1n) is 7.58. The molecule has 106 valence electrons. The normalized spacial score (nSPS) is 29.4. The highest BCUT2D eigenvalue weighted by Gasteiger charge is 2.34. The van der Waals surface area contributed by atoms with Gasteiger partial charge in [0, 0.05) is 26.2 Å². The SMILES string of the molecule is O=C(NCCOCC1CC1)N1C[C@@H]2CC=CC[C@H]2C1. The van der Waals surface area contributed by atoms with Crippen molar-refractivity contribution >= 4 is 6.03 Å². The van der Waals surface area contributed by atoms with Crippen LogP contribution >= 0.6 is 0 Å². The minimum absolute atomic E-state index is 0.0874. The summed E-state index contributed by atoms with van der Waals surface area (Å²) in [6.45, 7) is 3.99. The highest BCUT2D eigenvalue weighted by Crippen LogP contribution is 2.32. The van der Waals surface area contributed by atoms with E-state index < -0.39 is 0 Å². The van der Waals surface area contributed by atoms with Crippen molar-refractivity contribution < 1.29 is 9.53 Å². The molecule has 0 bridgehead atoms. The Morgan fingerprint density at radius 2 is 1.89 bits per heavy atom. The fourth-order valence-corrected chi connectivity index (χ4v) is 3.06. The van der Waals surface area contributed by atoms with Crippen LogP contribution < -0.4 is 5.32 Å². The molecule has 1 saturated heterocycles. The van der Waals surface area contributed by atoms with Crippen molar-refractivity contribution in [3.63, 3.8) is 0 Å². The third-order valence-electron chi connectivity index (χ3n) is 4.48. The zero-order chi connectivity index (χ0) is 13.1. The fraction of sp³-hybridized carbons (Fsp3) is 0.800. The highest BCUT2D eigenvalue weighted by atomic mass is 16.5. The number of urea groups is 1. The molecule has 4 nitrogen and oxygen atoms in total. The maximum absolute atomic E-state index is 12.0. The van der Waals surface area contributed by atoms with Gasteiger partial charge in [-0.15, -0.1) is 0 Å². The fourth-order valence-electron chi connectivity index (χ4n) is 3.06. The number of hydrogen-bond acceptors (Lipinski definition) is 2. The second kappa shape index (κ2) is 5.95. The zero-order valence-electron chi connectivity index (χ0n) is 11.5. The number of hydrogen-bond donors (Lipinski definition) is 1. The van der Waals surface area contributed by atoms with Crippen molar-refractivity contribution in [2.24, 2.45) is 17.8 Å². The lowest BCUT2D eigenvalue weighted by Gasteiger charge is -2.17. The number of rotatable bonds is 5. The minimum atomic E-state index is 0.0874. The van der Waals surface area contributed by atoms with Crippen LogP contribution in [0.2, 0.25) is 0 Å². The molecule has 1 saturated carbocycles. The summed E-state index contributed by atoms with van der Waals surface area (Å²) in [4.78, 5) is 14.0. The van der Waals surface area contributed by atoms with Gasteiger partial charge in [0.05, 0.1) is 6.61 Å². The van der Waals surface area contributed by atoms with Crippen LogP contribution in [-0.4, -0.2) is 43.8 Å². The summed E-state index contributed by atoms with van der Waals surface area (Å²) in [7, 11) is 0. The third-order valence-corrected chi connectivity index (χ3v) is 4.48. The van der Waals surface area contributed by atoms with Crippen LogP contribution in [0.15, 0.2) is 12.2 Å². The topological polar surface area (TPSA) is 41.6 Å². The highest BCUT2D eigenvalue weighted by molar-refractivity contribution is 5.74. The van der Waals surface area contributed by atoms with Crippen LogP contribution in [-0.2, 0) is 4.74 Å². The van der Waals surface area contributed by atoms with E-state index in [2.05, 4.69) is 17.5 Å². The second-order valence-electron chi connectivity index (χ2n) is 6.12. The quantitative estimate of drug-likeness (QED) is 0.610. The Morgan fingerprint density at radius 3 is 2.53 bits per heavy atom. The summed E-state index contributed by atoms with van der Waals surface area (Å²) in [5.41, 5.74) is 0. The van der Waals surface area contributed by atoms with Crippen molar-refractivity contribution in [3.8, 4) is 0 Å². The molecule has 1 N–H and O–H groups in total. The van der Waals surface area contributed by atoms with Crippen molar-refractivity contribution in [3.05, 3.63) is 12.2 Å². The summed E-state index contributed by atoms with van der Waals surface area (Å²) >= 11 is 0. The molecule has 0 aromatic carbocycles. The molecular weight excluding hydrogens is 240 g/mol. The average molecular weight is 264 g/mol. The van der Waals surface area contributed by atoms with Gasteiger partial charge in [-0.05, 0) is 43.4 Å². The van der Waals surface area contributed by atoms with Crippen LogP contribution in [0.25, 0.3) is 0 Å². The zero-order valence-corrected chi connectivity index (χ0v) is 11.5. The summed E-state index contributed by atoms with van der Waals surface area (Å²) in [5, 5.41) is 2.97. The number of fused-ring (bicyclic) bond motifs is 1. The largest absolute Gasteiger partial charge is 0.379 e. The Kier molecular flexibility index (Phi) is 4.06. The molecule has 2 amide bonds. The van der Waals surface area contributed by atoms with Crippen molar-refractivity contribution in [1.29, 1.82) is 0 Å². The van der Waals surface area contributed by atoms with Crippen molar-refractivity contribution in [1.82, 2.24) is 10.2 Å². The van der Waals surface area contributed by atoms with Gasteiger partial charge in [0.25, 0.3) is 0 Å². The van der Waals surface area contributed by atoms with Gasteiger partial charge in [-0.2, -0.15) is 0 Å². The van der Waals surface area contributed by atoms with Gasteiger partial charge in [-0.25, -0.2) is 4.79 Å². The van der Waals surface area contributed by atoms with E-state index in [1.54, 1.807) is 0 Å². The van der Waals surface area contributed by atoms with E-state index in [0.29, 0.717) is 25.0 Å². The number of ether oxygens (including phenoxy) is 1. The first-order valence-corrected chi connectivity index (χ1v) is 7.58. The number of amides is 2. The summed E-state index contributed by atoms with van der Waals surface area (Å²) in [6.07, 6.45) is 9.42. The Bertz CT molecular complexity index is 336. The molecule has 3 aliphatic rings. The number of allylic oxidation sites excluding steroid dienone is 2. The molecule has 0 aromatic heterocycles. The van der Waals surface area contributed by atoms with Gasteiger partial charge in [0.2, 0.25) is 0 Å². The molecule has 0 aromatic rings. The van der Waals surface area contributed by atoms with Gasteiger partial charge in [-0.1, -0.05) is 12.2 Å². The molecule has 3 rings (SSSR count). The molecule has 0 radical (unpaired) electrons. The number of likely N-dealkylation sites (tertiary alicyclic amines) is 1. The van der Waals surface area contributed by atoms with Gasteiger partial charge in [-0.3, -0.25) is 0 Å². The van der Waals surface area contributed by atoms with E-state index >= 15 is 0 Å². The summed E-state index contributed by atoms with van der Waals surface area (Å²) in [5.74, 6) is 2.16. The van der Waals surface area contributed by atoms with Gasteiger partial charge in [0.1, 0.15) is 0 Å². The smallest absolute Gasteiger partial charge is 0.317 e. The molecule has 19 heavy (non-hydrogen) atoms. The van der Waals surface area contributed by atoms with E-state index in [0.717, 1.165) is 38.5 Å². The lowest BCUT2D eigenvalue weighted by Crippen LogP contribution is -2.40. The average Bonchev–Trinajstić information content (AvgIpc) is 3.14. The molecule has 2 fully saturated rings. The van der Waals surface area contributed by atoms with Crippen LogP contribution in [0.5, 0.6) is 0 Å². The molecule has 1 aliphatic heterocycles. The van der Waals surface area contributed by atoms with Crippen LogP contribution in [0.1, 0.15) is 25.7 Å². The first-order chi connectivity index (χ1) is 9.33. The molecule has 4 heteroatoms. The summed E-state index contributed by atoms with van der Waals surface area (Å²) < 4.78 is 5.52. The van der Waals surface area contributed by atoms with Crippen LogP contribution in [0.3, 0.4) is 0 Å². The minimum Gasteiger partial charge on any atom is -0.379 e.